The van der Waals surface area contributed by atoms with Crippen LogP contribution in [-0.4, -0.2) is 53.9 Å². The van der Waals surface area contributed by atoms with Gasteiger partial charge < -0.3 is 24.6 Å². The fraction of sp³-hybridized carbons (Fsp3) is 0.500. The minimum absolute atomic E-state index is 0.0782. The molecule has 4 rings (SSSR count). The summed E-state index contributed by atoms with van der Waals surface area (Å²) < 4.78 is 11.5. The van der Waals surface area contributed by atoms with Crippen LogP contribution < -0.4 is 20.3 Å². The van der Waals surface area contributed by atoms with Crippen molar-refractivity contribution in [2.24, 2.45) is 5.92 Å². The van der Waals surface area contributed by atoms with Gasteiger partial charge in [-0.15, -0.1) is 0 Å². The Bertz CT molecular complexity index is 1020. The number of nitrogens with one attached hydrogen (secondary N) is 2. The van der Waals surface area contributed by atoms with E-state index in [-0.39, 0.29) is 42.8 Å². The number of phenols is 1. The van der Waals surface area contributed by atoms with Crippen LogP contribution in [0.2, 0.25) is 0 Å². The summed E-state index contributed by atoms with van der Waals surface area (Å²) in [5.41, 5.74) is 10.0. The monoisotopic (exact) mass is 469 g/mol. The highest BCUT2D eigenvalue weighted by Gasteiger charge is 2.56. The quantitative estimate of drug-likeness (QED) is 0.419. The zero-order valence-electron chi connectivity index (χ0n) is 20.3. The highest BCUT2D eigenvalue weighted by atomic mass is 16.5. The zero-order valence-corrected chi connectivity index (χ0v) is 20.3. The Hall–Kier alpha value is -2.81. The van der Waals surface area contributed by atoms with E-state index in [4.69, 9.17) is 9.47 Å². The Morgan fingerprint density at radius 2 is 1.85 bits per heavy atom. The van der Waals surface area contributed by atoms with Crippen molar-refractivity contribution in [3.63, 3.8) is 0 Å². The van der Waals surface area contributed by atoms with E-state index in [2.05, 4.69) is 17.8 Å². The highest BCUT2D eigenvalue weighted by molar-refractivity contribution is 5.86. The average molecular weight is 470 g/mol. The summed E-state index contributed by atoms with van der Waals surface area (Å²) in [7, 11) is 1.61. The lowest BCUT2D eigenvalue weighted by Crippen LogP contribution is -2.42. The van der Waals surface area contributed by atoms with Gasteiger partial charge in [0.2, 0.25) is 5.91 Å². The van der Waals surface area contributed by atoms with Gasteiger partial charge in [0.05, 0.1) is 32.4 Å². The van der Waals surface area contributed by atoms with Gasteiger partial charge in [-0.05, 0) is 55.2 Å². The van der Waals surface area contributed by atoms with Crippen LogP contribution in [-0.2, 0) is 4.79 Å². The Kier molecular flexibility index (Phi) is 7.30. The summed E-state index contributed by atoms with van der Waals surface area (Å²) in [5, 5.41) is 20.5. The predicted octanol–water partition coefficient (Wildman–Crippen LogP) is 2.91. The van der Waals surface area contributed by atoms with Crippen LogP contribution >= 0.6 is 0 Å². The number of fused-ring (bicyclic) bond motifs is 1. The van der Waals surface area contributed by atoms with Gasteiger partial charge in [0.15, 0.2) is 11.5 Å². The van der Waals surface area contributed by atoms with Crippen LogP contribution in [0.5, 0.6) is 17.2 Å². The number of β-amino-alcohol motifs (C(OH)–C–C–N with tert-alkyl or cyclic N) is 1. The number of phenolic OH excluding ortho intramolecular Hbond substituents is 1. The van der Waals surface area contributed by atoms with Gasteiger partial charge in [0.1, 0.15) is 11.8 Å². The van der Waals surface area contributed by atoms with Crippen LogP contribution in [0.1, 0.15) is 54.1 Å². The SMILES string of the molecule is CCCCOc1ccc(C2C3C(NNC3c3c(C)cc(C)cc3O)C(=O)N2CCO)cc1OC. The van der Waals surface area contributed by atoms with Gasteiger partial charge >= 0.3 is 0 Å². The van der Waals surface area contributed by atoms with E-state index in [9.17, 15) is 15.0 Å². The number of carbonyl (C=O) groups excluding carboxylic acids is 1. The van der Waals surface area contributed by atoms with Crippen molar-refractivity contribution in [2.45, 2.75) is 51.7 Å². The summed E-state index contributed by atoms with van der Waals surface area (Å²) in [5.74, 6) is 1.20. The molecule has 0 aromatic heterocycles. The Labute approximate surface area is 200 Å². The van der Waals surface area contributed by atoms with E-state index in [1.807, 2.05) is 38.1 Å². The lowest BCUT2D eigenvalue weighted by molar-refractivity contribution is -0.131. The van der Waals surface area contributed by atoms with Crippen molar-refractivity contribution in [3.05, 3.63) is 52.6 Å². The van der Waals surface area contributed by atoms with Gasteiger partial charge in [-0.2, -0.15) is 0 Å². The molecule has 0 saturated carbocycles. The smallest absolute Gasteiger partial charge is 0.242 e. The van der Waals surface area contributed by atoms with E-state index >= 15 is 0 Å². The second-order valence-electron chi connectivity index (χ2n) is 9.15. The first kappa shape index (κ1) is 24.3. The molecular weight excluding hydrogens is 434 g/mol. The number of amides is 1. The number of aliphatic hydroxyl groups excluding tert-OH is 1. The summed E-state index contributed by atoms with van der Waals surface area (Å²) in [6, 6.07) is 8.46. The molecule has 2 fully saturated rings. The number of hydrogen-bond acceptors (Lipinski definition) is 7. The Morgan fingerprint density at radius 3 is 2.53 bits per heavy atom. The van der Waals surface area contributed by atoms with Crippen molar-refractivity contribution in [2.75, 3.05) is 26.9 Å². The normalized spacial score (nSPS) is 23.9. The zero-order chi connectivity index (χ0) is 24.4. The molecule has 8 nitrogen and oxygen atoms in total. The number of methoxy groups -OCH3 is 1. The lowest BCUT2D eigenvalue weighted by Gasteiger charge is -2.32. The largest absolute Gasteiger partial charge is 0.508 e. The van der Waals surface area contributed by atoms with E-state index in [1.165, 1.54) is 0 Å². The first-order valence-electron chi connectivity index (χ1n) is 11.9. The van der Waals surface area contributed by atoms with Gasteiger partial charge in [0.25, 0.3) is 0 Å². The standard InChI is InChI=1S/C26H35N3O5/c1-5-6-11-34-19-8-7-17(14-20(19)33-4)25-22-23(21-16(3)12-15(2)13-18(21)31)27-28-24(22)26(32)29(25)9-10-30/h7-8,12-14,22-25,27-28,30-31H,5-6,9-11H2,1-4H3. The number of hydrazine groups is 1. The van der Waals surface area contributed by atoms with Crippen LogP contribution in [0, 0.1) is 19.8 Å². The third-order valence-electron chi connectivity index (χ3n) is 6.86. The molecule has 34 heavy (non-hydrogen) atoms. The van der Waals surface area contributed by atoms with Crippen molar-refractivity contribution >= 4 is 5.91 Å². The molecule has 2 aliphatic heterocycles. The van der Waals surface area contributed by atoms with Gasteiger partial charge in [-0.3, -0.25) is 4.79 Å². The van der Waals surface area contributed by atoms with Crippen LogP contribution in [0.3, 0.4) is 0 Å². The van der Waals surface area contributed by atoms with Crippen molar-refractivity contribution in [1.29, 1.82) is 0 Å². The van der Waals surface area contributed by atoms with Crippen molar-refractivity contribution in [3.8, 4) is 17.2 Å². The summed E-state index contributed by atoms with van der Waals surface area (Å²) in [6.07, 6.45) is 1.99. The number of aliphatic hydroxyl groups is 1. The number of unbranched alkanes of at least 4 members (excludes halogenated alkanes) is 1. The fourth-order valence-electron chi connectivity index (χ4n) is 5.38. The highest BCUT2D eigenvalue weighted by Crippen LogP contribution is 2.50. The van der Waals surface area contributed by atoms with Crippen molar-refractivity contribution in [1.82, 2.24) is 15.8 Å². The number of ether oxygens (including phenoxy) is 2. The molecule has 2 aliphatic rings. The van der Waals surface area contributed by atoms with Crippen LogP contribution in [0.25, 0.3) is 0 Å². The molecule has 0 bridgehead atoms. The van der Waals surface area contributed by atoms with E-state index < -0.39 is 6.04 Å². The molecule has 2 aromatic rings. The number of benzene rings is 2. The lowest BCUT2D eigenvalue weighted by atomic mass is 9.81. The number of aromatic hydroxyl groups is 1. The Balaban J connectivity index is 1.75. The molecule has 4 atom stereocenters. The number of nitrogens with zero attached hydrogens (tertiary/aromatic N) is 1. The Morgan fingerprint density at radius 1 is 1.09 bits per heavy atom. The van der Waals surface area contributed by atoms with Crippen LogP contribution in [0.15, 0.2) is 30.3 Å². The second kappa shape index (κ2) is 10.2. The van der Waals surface area contributed by atoms with Crippen LogP contribution in [0.4, 0.5) is 0 Å². The fourth-order valence-corrected chi connectivity index (χ4v) is 5.38. The predicted molar refractivity (Wildman–Crippen MR) is 129 cm³/mol. The average Bonchev–Trinajstić information content (AvgIpc) is 3.33. The molecule has 1 amide bonds. The molecule has 4 N–H and O–H groups in total. The molecule has 2 saturated heterocycles. The maximum absolute atomic E-state index is 13.4. The van der Waals surface area contributed by atoms with E-state index in [0.717, 1.165) is 35.1 Å². The second-order valence-corrected chi connectivity index (χ2v) is 9.15. The van der Waals surface area contributed by atoms with Gasteiger partial charge in [-0.25, -0.2) is 10.9 Å². The number of aryl methyl sites for hydroxylation is 2. The maximum atomic E-state index is 13.4. The summed E-state index contributed by atoms with van der Waals surface area (Å²) in [4.78, 5) is 15.1. The van der Waals surface area contributed by atoms with E-state index in [0.29, 0.717) is 18.1 Å². The molecule has 4 unspecified atom stereocenters. The number of rotatable bonds is 9. The van der Waals surface area contributed by atoms with Gasteiger partial charge in [-0.1, -0.05) is 25.5 Å². The maximum Gasteiger partial charge on any atom is 0.242 e. The molecule has 8 heteroatoms. The third-order valence-corrected chi connectivity index (χ3v) is 6.86. The molecule has 0 spiro atoms. The van der Waals surface area contributed by atoms with Gasteiger partial charge in [0, 0.05) is 18.0 Å². The summed E-state index contributed by atoms with van der Waals surface area (Å²) in [6.45, 7) is 6.73. The third kappa shape index (κ3) is 4.33. The molecule has 2 heterocycles. The minimum Gasteiger partial charge on any atom is -0.508 e. The first-order valence-corrected chi connectivity index (χ1v) is 11.9. The molecular formula is C26H35N3O5. The van der Waals surface area contributed by atoms with Crippen molar-refractivity contribution < 1.29 is 24.5 Å². The molecule has 0 radical (unpaired) electrons. The topological polar surface area (TPSA) is 103 Å². The molecule has 2 aromatic carbocycles. The molecule has 0 aliphatic carbocycles. The number of carbonyl (C=O) groups is 1. The number of hydrogen-bond donors (Lipinski definition) is 4. The summed E-state index contributed by atoms with van der Waals surface area (Å²) >= 11 is 0. The minimum atomic E-state index is -0.479. The first-order chi connectivity index (χ1) is 16.4. The number of likely N-dealkylation sites (tertiary alicyclic amines) is 1. The van der Waals surface area contributed by atoms with E-state index in [1.54, 1.807) is 18.1 Å². The molecule has 184 valence electrons.